The Labute approximate surface area is 140 Å². The van der Waals surface area contributed by atoms with Gasteiger partial charge in [0, 0.05) is 10.0 Å². The summed E-state index contributed by atoms with van der Waals surface area (Å²) in [7, 11) is 0. The molecule has 0 amide bonds. The molecule has 0 spiro atoms. The number of rotatable bonds is 4. The van der Waals surface area contributed by atoms with Crippen LogP contribution in [0.15, 0.2) is 46.9 Å². The molecule has 0 saturated carbocycles. The van der Waals surface area contributed by atoms with Crippen LogP contribution >= 0.6 is 27.5 Å². The zero-order valence-corrected chi connectivity index (χ0v) is 13.8. The number of hydrogen-bond donors (Lipinski definition) is 0. The van der Waals surface area contributed by atoms with Gasteiger partial charge in [0.2, 0.25) is 5.78 Å². The van der Waals surface area contributed by atoms with E-state index in [1.807, 2.05) is 0 Å². The van der Waals surface area contributed by atoms with Crippen molar-refractivity contribution in [1.82, 2.24) is 0 Å². The fraction of sp³-hybridized carbons (Fsp3) is 0.125. The summed E-state index contributed by atoms with van der Waals surface area (Å²) >= 11 is 9.07. The third kappa shape index (κ3) is 3.93. The van der Waals surface area contributed by atoms with Gasteiger partial charge in [-0.2, -0.15) is 0 Å². The third-order valence-electron chi connectivity index (χ3n) is 2.93. The van der Waals surface area contributed by atoms with Crippen LogP contribution in [-0.2, 0) is 4.74 Å². The SMILES string of the molecule is C[C@H](OC(=O)c1ccc(F)cc1Cl)C(=O)c1ccc(Br)cc1. The second kappa shape index (κ2) is 7.03. The first kappa shape index (κ1) is 16.6. The molecule has 0 saturated heterocycles. The van der Waals surface area contributed by atoms with Gasteiger partial charge in [0.25, 0.3) is 0 Å². The zero-order valence-electron chi connectivity index (χ0n) is 11.5. The van der Waals surface area contributed by atoms with Gasteiger partial charge >= 0.3 is 5.97 Å². The fourth-order valence-corrected chi connectivity index (χ4v) is 2.29. The van der Waals surface area contributed by atoms with Crippen LogP contribution in [-0.4, -0.2) is 17.9 Å². The van der Waals surface area contributed by atoms with E-state index in [2.05, 4.69) is 15.9 Å². The molecule has 3 nitrogen and oxygen atoms in total. The first-order valence-electron chi connectivity index (χ1n) is 6.34. The summed E-state index contributed by atoms with van der Waals surface area (Å²) in [6.45, 7) is 1.47. The molecule has 2 aromatic carbocycles. The van der Waals surface area contributed by atoms with Gasteiger partial charge in [0.15, 0.2) is 6.10 Å². The number of halogens is 3. The lowest BCUT2D eigenvalue weighted by molar-refractivity contribution is 0.0319. The quantitative estimate of drug-likeness (QED) is 0.567. The van der Waals surface area contributed by atoms with E-state index in [4.69, 9.17) is 16.3 Å². The average Bonchev–Trinajstić information content (AvgIpc) is 2.47. The van der Waals surface area contributed by atoms with Crippen LogP contribution in [0.25, 0.3) is 0 Å². The summed E-state index contributed by atoms with van der Waals surface area (Å²) in [6.07, 6.45) is -0.977. The van der Waals surface area contributed by atoms with E-state index in [-0.39, 0.29) is 16.4 Å². The number of carbonyl (C=O) groups is 2. The molecule has 1 atom stereocenters. The summed E-state index contributed by atoms with van der Waals surface area (Å²) < 4.78 is 18.9. The van der Waals surface area contributed by atoms with Gasteiger partial charge in [-0.05, 0) is 37.3 Å². The number of ketones is 1. The largest absolute Gasteiger partial charge is 0.451 e. The molecule has 0 unspecified atom stereocenters. The maximum absolute atomic E-state index is 13.0. The molecule has 0 heterocycles. The van der Waals surface area contributed by atoms with Crippen molar-refractivity contribution in [2.75, 3.05) is 0 Å². The highest BCUT2D eigenvalue weighted by atomic mass is 79.9. The normalized spacial score (nSPS) is 11.8. The van der Waals surface area contributed by atoms with Crippen LogP contribution < -0.4 is 0 Å². The Morgan fingerprint density at radius 2 is 1.82 bits per heavy atom. The van der Waals surface area contributed by atoms with Crippen molar-refractivity contribution in [3.63, 3.8) is 0 Å². The van der Waals surface area contributed by atoms with Crippen LogP contribution in [0.4, 0.5) is 4.39 Å². The van der Waals surface area contributed by atoms with Crippen molar-refractivity contribution < 1.29 is 18.7 Å². The highest BCUT2D eigenvalue weighted by molar-refractivity contribution is 9.10. The summed E-state index contributed by atoms with van der Waals surface area (Å²) in [6, 6.07) is 10.0. The highest BCUT2D eigenvalue weighted by Gasteiger charge is 2.21. The van der Waals surface area contributed by atoms with Crippen LogP contribution in [0.3, 0.4) is 0 Å². The molecule has 2 rings (SSSR count). The van der Waals surface area contributed by atoms with Gasteiger partial charge in [0.1, 0.15) is 5.82 Å². The van der Waals surface area contributed by atoms with Crippen LogP contribution in [0.1, 0.15) is 27.6 Å². The second-order valence-electron chi connectivity index (χ2n) is 4.54. The Bertz CT molecular complexity index is 716. The lowest BCUT2D eigenvalue weighted by Crippen LogP contribution is -2.24. The van der Waals surface area contributed by atoms with E-state index >= 15 is 0 Å². The number of hydrogen-bond acceptors (Lipinski definition) is 3. The average molecular weight is 386 g/mol. The minimum absolute atomic E-state index is 0.0125. The molecule has 0 aliphatic heterocycles. The molecule has 0 aliphatic carbocycles. The van der Waals surface area contributed by atoms with Crippen molar-refractivity contribution in [3.8, 4) is 0 Å². The lowest BCUT2D eigenvalue weighted by Gasteiger charge is -2.13. The standard InChI is InChI=1S/C16H11BrClFO3/c1-9(15(20)10-2-4-11(17)5-3-10)22-16(21)13-7-6-12(19)8-14(13)18/h2-9H,1H3/t9-/m0/s1. The number of ether oxygens (including phenoxy) is 1. The molecule has 0 bridgehead atoms. The van der Waals surface area contributed by atoms with Crippen LogP contribution in [0.5, 0.6) is 0 Å². The van der Waals surface area contributed by atoms with E-state index in [0.29, 0.717) is 5.56 Å². The summed E-state index contributed by atoms with van der Waals surface area (Å²) in [5.74, 6) is -1.66. The van der Waals surface area contributed by atoms with Gasteiger partial charge in [-0.15, -0.1) is 0 Å². The van der Waals surface area contributed by atoms with Crippen molar-refractivity contribution >= 4 is 39.3 Å². The van der Waals surface area contributed by atoms with Crippen molar-refractivity contribution in [1.29, 1.82) is 0 Å². The van der Waals surface area contributed by atoms with E-state index in [0.717, 1.165) is 16.6 Å². The maximum Gasteiger partial charge on any atom is 0.340 e. The molecule has 0 fully saturated rings. The van der Waals surface area contributed by atoms with E-state index in [1.54, 1.807) is 24.3 Å². The third-order valence-corrected chi connectivity index (χ3v) is 3.77. The highest BCUT2D eigenvalue weighted by Crippen LogP contribution is 2.19. The molecule has 0 aromatic heterocycles. The van der Waals surface area contributed by atoms with Gasteiger partial charge in [-0.1, -0.05) is 39.7 Å². The number of esters is 1. The number of Topliss-reactive ketones (excluding diaryl/α,β-unsaturated/α-hetero) is 1. The molecule has 6 heteroatoms. The Hall–Kier alpha value is -1.72. The van der Waals surface area contributed by atoms with Gasteiger partial charge in [0.05, 0.1) is 10.6 Å². The topological polar surface area (TPSA) is 43.4 Å². The first-order chi connectivity index (χ1) is 10.4. The summed E-state index contributed by atoms with van der Waals surface area (Å²) in [4.78, 5) is 24.2. The van der Waals surface area contributed by atoms with E-state index in [1.165, 1.54) is 13.0 Å². The summed E-state index contributed by atoms with van der Waals surface area (Å²) in [5.41, 5.74) is 0.437. The predicted octanol–water partition coefficient (Wildman–Crippen LogP) is 4.67. The fourth-order valence-electron chi connectivity index (χ4n) is 1.78. The second-order valence-corrected chi connectivity index (χ2v) is 5.87. The van der Waals surface area contributed by atoms with Gasteiger partial charge in [-0.3, -0.25) is 4.79 Å². The summed E-state index contributed by atoms with van der Waals surface area (Å²) in [5, 5.41) is -0.0618. The Morgan fingerprint density at radius 3 is 2.41 bits per heavy atom. The molecule has 22 heavy (non-hydrogen) atoms. The smallest absolute Gasteiger partial charge is 0.340 e. The van der Waals surface area contributed by atoms with Crippen LogP contribution in [0, 0.1) is 5.82 Å². The van der Waals surface area contributed by atoms with Gasteiger partial charge < -0.3 is 4.74 Å². The molecular formula is C16H11BrClFO3. The molecular weight excluding hydrogens is 375 g/mol. The van der Waals surface area contributed by atoms with E-state index in [9.17, 15) is 14.0 Å². The minimum atomic E-state index is -0.977. The minimum Gasteiger partial charge on any atom is -0.451 e. The molecule has 0 radical (unpaired) electrons. The van der Waals surface area contributed by atoms with Gasteiger partial charge in [-0.25, -0.2) is 9.18 Å². The monoisotopic (exact) mass is 384 g/mol. The lowest BCUT2D eigenvalue weighted by atomic mass is 10.1. The van der Waals surface area contributed by atoms with Crippen molar-refractivity contribution in [2.45, 2.75) is 13.0 Å². The molecule has 2 aromatic rings. The van der Waals surface area contributed by atoms with Crippen LogP contribution in [0.2, 0.25) is 5.02 Å². The number of carbonyl (C=O) groups excluding carboxylic acids is 2. The molecule has 0 N–H and O–H groups in total. The Kier molecular flexibility index (Phi) is 5.32. The number of benzene rings is 2. The van der Waals surface area contributed by atoms with Crippen molar-refractivity contribution in [3.05, 3.63) is 68.9 Å². The zero-order chi connectivity index (χ0) is 16.3. The predicted molar refractivity (Wildman–Crippen MR) is 84.8 cm³/mol. The van der Waals surface area contributed by atoms with E-state index < -0.39 is 17.9 Å². The maximum atomic E-state index is 13.0. The first-order valence-corrected chi connectivity index (χ1v) is 7.51. The molecule has 0 aliphatic rings. The Balaban J connectivity index is 2.10. The molecule has 114 valence electrons. The van der Waals surface area contributed by atoms with Crippen molar-refractivity contribution in [2.24, 2.45) is 0 Å². The Morgan fingerprint density at radius 1 is 1.18 bits per heavy atom.